The Hall–Kier alpha value is -0.790. The highest BCUT2D eigenvalue weighted by Gasteiger charge is 2.09. The van der Waals surface area contributed by atoms with Crippen molar-refractivity contribution in [3.05, 3.63) is 12.4 Å². The summed E-state index contributed by atoms with van der Waals surface area (Å²) in [4.78, 5) is 4.23. The third kappa shape index (κ3) is 6.65. The number of nitrogens with zero attached hydrogens (tertiary/aromatic N) is 1. The molecule has 1 aliphatic rings. The topological polar surface area (TPSA) is 26.1 Å². The van der Waals surface area contributed by atoms with E-state index in [1.54, 1.807) is 0 Å². The van der Waals surface area contributed by atoms with E-state index in [1.165, 1.54) is 57.8 Å². The summed E-state index contributed by atoms with van der Waals surface area (Å²) >= 11 is 0. The average Bonchev–Trinajstić information content (AvgIpc) is 2.80. The number of hydrogen-bond acceptors (Lipinski definition) is 2. The van der Waals surface area contributed by atoms with Gasteiger partial charge in [-0.25, -0.2) is 5.32 Å². The number of hydrogen-bond donors (Lipinski definition) is 1. The minimum atomic E-state index is 1.11. The van der Waals surface area contributed by atoms with Crippen LogP contribution in [0.5, 0.6) is 0 Å². The molecule has 0 aromatic rings. The Kier molecular flexibility index (Phi) is 7.83. The van der Waals surface area contributed by atoms with Crippen LogP contribution in [0.1, 0.15) is 71.1 Å². The monoisotopic (exact) mass is 222 g/mol. The van der Waals surface area contributed by atoms with Crippen molar-refractivity contribution in [2.24, 2.45) is 0 Å². The quantitative estimate of drug-likeness (QED) is 0.560. The molecule has 0 unspecified atom stereocenters. The van der Waals surface area contributed by atoms with Gasteiger partial charge in [-0.15, -0.1) is 0 Å². The molecule has 0 saturated heterocycles. The van der Waals surface area contributed by atoms with E-state index in [-0.39, 0.29) is 0 Å². The van der Waals surface area contributed by atoms with E-state index < -0.39 is 0 Å². The molecule has 0 atom stereocenters. The Balaban J connectivity index is 1.75. The van der Waals surface area contributed by atoms with Crippen molar-refractivity contribution >= 4 is 5.84 Å². The van der Waals surface area contributed by atoms with Crippen molar-refractivity contribution in [1.29, 1.82) is 0 Å². The number of rotatable bonds is 10. The smallest absolute Gasteiger partial charge is 0.244 e. The predicted molar refractivity (Wildman–Crippen MR) is 71.3 cm³/mol. The number of amidine groups is 1. The molecule has 2 heteroatoms. The van der Waals surface area contributed by atoms with E-state index >= 15 is 0 Å². The van der Waals surface area contributed by atoms with Gasteiger partial charge in [0, 0.05) is 0 Å². The summed E-state index contributed by atoms with van der Waals surface area (Å²) in [6, 6.07) is 0. The van der Waals surface area contributed by atoms with E-state index in [4.69, 9.17) is 0 Å². The fraction of sp³-hybridized carbons (Fsp3) is 0.786. The van der Waals surface area contributed by atoms with Crippen LogP contribution in [0.15, 0.2) is 12.4 Å². The van der Waals surface area contributed by atoms with Crippen LogP contribution in [0.2, 0.25) is 0 Å². The molecule has 2 nitrogen and oxygen atoms in total. The van der Waals surface area contributed by atoms with Crippen molar-refractivity contribution in [2.75, 3.05) is 0 Å². The molecule has 1 aliphatic heterocycles. The summed E-state index contributed by atoms with van der Waals surface area (Å²) < 4.78 is 0. The molecular weight excluding hydrogens is 196 g/mol. The maximum Gasteiger partial charge on any atom is 0.296 e. The first-order chi connectivity index (χ1) is 7.93. The van der Waals surface area contributed by atoms with Gasteiger partial charge >= 0.3 is 0 Å². The Bertz CT molecular complexity index is 219. The molecule has 0 aromatic carbocycles. The van der Waals surface area contributed by atoms with Crippen LogP contribution in [0.3, 0.4) is 0 Å². The second-order valence-corrected chi connectivity index (χ2v) is 4.61. The summed E-state index contributed by atoms with van der Waals surface area (Å²) in [6.45, 7) is 2.27. The molecule has 1 heterocycles. The van der Waals surface area contributed by atoms with E-state index in [9.17, 15) is 0 Å². The van der Waals surface area contributed by atoms with Gasteiger partial charge in [0.2, 0.25) is 0 Å². The first kappa shape index (κ1) is 13.3. The third-order valence-electron chi connectivity index (χ3n) is 3.07. The zero-order valence-electron chi connectivity index (χ0n) is 10.7. The van der Waals surface area contributed by atoms with Crippen LogP contribution in [0.4, 0.5) is 0 Å². The van der Waals surface area contributed by atoms with E-state index in [1.807, 2.05) is 12.4 Å². The number of nitrogens with one attached hydrogen (secondary N) is 1. The Morgan fingerprint density at radius 3 is 2.12 bits per heavy atom. The molecule has 1 N–H and O–H groups in total. The molecule has 91 valence electrons. The van der Waals surface area contributed by atoms with Gasteiger partial charge in [0.1, 0.15) is 6.20 Å². The Morgan fingerprint density at radius 2 is 1.56 bits per heavy atom. The maximum atomic E-state index is 4.23. The number of aliphatic imine (C=N–C) groups is 1. The lowest BCUT2D eigenvalue weighted by Crippen LogP contribution is -2.15. The molecular formula is C14H26N2+. The summed E-state index contributed by atoms with van der Waals surface area (Å²) in [7, 11) is 0. The van der Waals surface area contributed by atoms with Gasteiger partial charge in [0.25, 0.3) is 5.84 Å². The average molecular weight is 222 g/mol. The predicted octanol–water partition coefficient (Wildman–Crippen LogP) is 3.72. The molecule has 0 fully saturated rings. The summed E-state index contributed by atoms with van der Waals surface area (Å²) in [5.74, 6) is 1.14. The van der Waals surface area contributed by atoms with Crippen LogP contribution in [-0.4, -0.2) is 5.84 Å². The molecule has 1 rings (SSSR count). The Morgan fingerprint density at radius 1 is 0.938 bits per heavy atom. The maximum absolute atomic E-state index is 4.23. The number of unbranched alkanes of at least 4 members (excludes halogenated alkanes) is 8. The van der Waals surface area contributed by atoms with E-state index in [2.05, 4.69) is 17.2 Å². The van der Waals surface area contributed by atoms with Gasteiger partial charge in [-0.2, -0.15) is 0 Å². The van der Waals surface area contributed by atoms with Gasteiger partial charge in [0.15, 0.2) is 6.20 Å². The van der Waals surface area contributed by atoms with Gasteiger partial charge in [-0.1, -0.05) is 63.3 Å². The fourth-order valence-corrected chi connectivity index (χ4v) is 2.04. The minimum Gasteiger partial charge on any atom is -0.244 e. The van der Waals surface area contributed by atoms with Gasteiger partial charge in [0.05, 0.1) is 6.42 Å². The summed E-state index contributed by atoms with van der Waals surface area (Å²) in [5.41, 5.74) is 0. The van der Waals surface area contributed by atoms with Gasteiger partial charge < -0.3 is 0 Å². The zero-order valence-corrected chi connectivity index (χ0v) is 10.7. The second-order valence-electron chi connectivity index (χ2n) is 4.61. The lowest BCUT2D eigenvalue weighted by atomic mass is 10.1. The fourth-order valence-electron chi connectivity index (χ4n) is 2.04. The van der Waals surface area contributed by atoms with Crippen LogP contribution in [0.25, 0.3) is 0 Å². The SMILES string of the molecule is CCCCCCCCCCCC1=[N+]C=CN1. The highest BCUT2D eigenvalue weighted by molar-refractivity contribution is 5.83. The first-order valence-electron chi connectivity index (χ1n) is 6.91. The molecule has 0 aromatic heterocycles. The molecule has 0 amide bonds. The van der Waals surface area contributed by atoms with Crippen LogP contribution in [0, 0.1) is 0 Å². The molecule has 0 spiro atoms. The zero-order chi connectivity index (χ0) is 11.5. The van der Waals surface area contributed by atoms with Crippen LogP contribution >= 0.6 is 0 Å². The minimum absolute atomic E-state index is 1.11. The van der Waals surface area contributed by atoms with E-state index in [0.717, 1.165) is 12.3 Å². The van der Waals surface area contributed by atoms with Crippen molar-refractivity contribution < 1.29 is 0 Å². The first-order valence-corrected chi connectivity index (χ1v) is 6.91. The normalized spacial score (nSPS) is 13.9. The van der Waals surface area contributed by atoms with Gasteiger partial charge in [-0.3, -0.25) is 0 Å². The molecule has 0 saturated carbocycles. The van der Waals surface area contributed by atoms with Crippen molar-refractivity contribution in [3.8, 4) is 0 Å². The standard InChI is InChI=1S/C14H26N2/c1-2-3-4-5-6-7-8-9-10-11-14-15-12-13-16-14/h12-13,15H,2-11H2,1H3/q+1. The largest absolute Gasteiger partial charge is 0.296 e. The summed E-state index contributed by atoms with van der Waals surface area (Å²) in [6.07, 6.45) is 17.4. The van der Waals surface area contributed by atoms with E-state index in [0.29, 0.717) is 0 Å². The highest BCUT2D eigenvalue weighted by Crippen LogP contribution is 2.10. The van der Waals surface area contributed by atoms with Crippen molar-refractivity contribution in [3.63, 3.8) is 0 Å². The molecule has 0 bridgehead atoms. The molecule has 16 heavy (non-hydrogen) atoms. The third-order valence-corrected chi connectivity index (χ3v) is 3.07. The van der Waals surface area contributed by atoms with Crippen LogP contribution < -0.4 is 10.3 Å². The lowest BCUT2D eigenvalue weighted by Gasteiger charge is -2.00. The van der Waals surface area contributed by atoms with Gasteiger partial charge in [-0.05, 0) is 6.42 Å². The Labute approximate surface area is 100 Å². The van der Waals surface area contributed by atoms with Crippen LogP contribution in [-0.2, 0) is 0 Å². The lowest BCUT2D eigenvalue weighted by molar-refractivity contribution is 0.568. The van der Waals surface area contributed by atoms with Crippen molar-refractivity contribution in [1.82, 2.24) is 10.3 Å². The van der Waals surface area contributed by atoms with Crippen molar-refractivity contribution in [2.45, 2.75) is 71.1 Å². The molecule has 0 aliphatic carbocycles. The summed E-state index contributed by atoms with van der Waals surface area (Å²) in [5, 5.41) is 3.15. The second kappa shape index (κ2) is 9.44. The highest BCUT2D eigenvalue weighted by atomic mass is 15.0. The molecule has 1 radical (unpaired) electrons.